The fourth-order valence-electron chi connectivity index (χ4n) is 2.14. The minimum Gasteiger partial charge on any atom is -0.326 e. The normalized spacial score (nSPS) is 15.3. The van der Waals surface area contributed by atoms with E-state index in [1.165, 1.54) is 10.6 Å². The van der Waals surface area contributed by atoms with Gasteiger partial charge in [-0.3, -0.25) is 4.79 Å². The van der Waals surface area contributed by atoms with E-state index in [1.54, 1.807) is 0 Å². The molecule has 1 amide bonds. The Morgan fingerprint density at radius 2 is 2.10 bits per heavy atom. The lowest BCUT2D eigenvalue weighted by Crippen LogP contribution is -2.34. The average molecular weight is 296 g/mol. The Kier molecular flexibility index (Phi) is 4.45. The summed E-state index contributed by atoms with van der Waals surface area (Å²) in [6, 6.07) is 7.62. The van der Waals surface area contributed by atoms with E-state index >= 15 is 0 Å². The van der Waals surface area contributed by atoms with Crippen LogP contribution in [-0.2, 0) is 14.8 Å². The van der Waals surface area contributed by atoms with Gasteiger partial charge in [0.1, 0.15) is 0 Å². The number of anilines is 1. The van der Waals surface area contributed by atoms with Gasteiger partial charge in [-0.1, -0.05) is 12.1 Å². The molecule has 110 valence electrons. The molecule has 1 aromatic carbocycles. The minimum absolute atomic E-state index is 0.0942. The van der Waals surface area contributed by atoms with Gasteiger partial charge in [-0.05, 0) is 37.5 Å². The van der Waals surface area contributed by atoms with Crippen molar-refractivity contribution in [2.24, 2.45) is 0 Å². The molecule has 6 heteroatoms. The SMILES string of the molecule is Cc1cccc(NC(=O)CCN(C2CC2)S(C)(=O)=O)c1. The predicted octanol–water partition coefficient (Wildman–Crippen LogP) is 1.75. The van der Waals surface area contributed by atoms with Crippen LogP contribution >= 0.6 is 0 Å². The van der Waals surface area contributed by atoms with Crippen LogP contribution in [-0.4, -0.2) is 37.5 Å². The monoisotopic (exact) mass is 296 g/mol. The van der Waals surface area contributed by atoms with Crippen LogP contribution in [0.5, 0.6) is 0 Å². The van der Waals surface area contributed by atoms with E-state index in [0.29, 0.717) is 0 Å². The molecule has 5 nitrogen and oxygen atoms in total. The maximum atomic E-state index is 11.9. The number of nitrogens with one attached hydrogen (secondary N) is 1. The van der Waals surface area contributed by atoms with Crippen LogP contribution in [0.4, 0.5) is 5.69 Å². The molecule has 0 bridgehead atoms. The van der Waals surface area contributed by atoms with Crippen LogP contribution in [0, 0.1) is 6.92 Å². The number of nitrogens with zero attached hydrogens (tertiary/aromatic N) is 1. The molecule has 20 heavy (non-hydrogen) atoms. The molecule has 0 unspecified atom stereocenters. The highest BCUT2D eigenvalue weighted by atomic mass is 32.2. The van der Waals surface area contributed by atoms with Gasteiger partial charge in [0.05, 0.1) is 6.26 Å². The molecule has 0 radical (unpaired) electrons. The molecule has 2 rings (SSSR count). The van der Waals surface area contributed by atoms with Gasteiger partial charge < -0.3 is 5.32 Å². The van der Waals surface area contributed by atoms with Gasteiger partial charge in [-0.25, -0.2) is 8.42 Å². The minimum atomic E-state index is -3.22. The van der Waals surface area contributed by atoms with Crippen LogP contribution in [0.25, 0.3) is 0 Å². The Hall–Kier alpha value is -1.40. The Morgan fingerprint density at radius 3 is 2.65 bits per heavy atom. The highest BCUT2D eigenvalue weighted by Gasteiger charge is 2.34. The quantitative estimate of drug-likeness (QED) is 0.869. The number of carbonyl (C=O) groups excluding carboxylic acids is 1. The van der Waals surface area contributed by atoms with Crippen molar-refractivity contribution in [1.82, 2.24) is 4.31 Å². The van der Waals surface area contributed by atoms with Gasteiger partial charge in [-0.15, -0.1) is 0 Å². The number of sulfonamides is 1. The molecule has 1 aliphatic rings. The first kappa shape index (κ1) is 15.0. The zero-order chi connectivity index (χ0) is 14.8. The third-order valence-electron chi connectivity index (χ3n) is 3.24. The summed E-state index contributed by atoms with van der Waals surface area (Å²) in [5, 5.41) is 2.79. The van der Waals surface area contributed by atoms with E-state index in [2.05, 4.69) is 5.32 Å². The van der Waals surface area contributed by atoms with Crippen molar-refractivity contribution in [3.05, 3.63) is 29.8 Å². The summed E-state index contributed by atoms with van der Waals surface area (Å²) in [4.78, 5) is 11.9. The standard InChI is InChI=1S/C14H20N2O3S/c1-11-4-3-5-12(10-11)15-14(17)8-9-16(13-6-7-13)20(2,18)19/h3-5,10,13H,6-9H2,1-2H3,(H,15,17). The van der Waals surface area contributed by atoms with Gasteiger partial charge in [-0.2, -0.15) is 4.31 Å². The summed E-state index contributed by atoms with van der Waals surface area (Å²) >= 11 is 0. The van der Waals surface area contributed by atoms with Crippen molar-refractivity contribution < 1.29 is 13.2 Å². The number of benzene rings is 1. The summed E-state index contributed by atoms with van der Waals surface area (Å²) in [6.45, 7) is 2.20. The molecule has 0 spiro atoms. The lowest BCUT2D eigenvalue weighted by molar-refractivity contribution is -0.116. The first-order valence-electron chi connectivity index (χ1n) is 6.69. The molecule has 0 heterocycles. The van der Waals surface area contributed by atoms with Crippen LogP contribution in [0.1, 0.15) is 24.8 Å². The van der Waals surface area contributed by atoms with Gasteiger partial charge >= 0.3 is 0 Å². The summed E-state index contributed by atoms with van der Waals surface area (Å²) in [5.74, 6) is -0.162. The number of rotatable bonds is 6. The summed E-state index contributed by atoms with van der Waals surface area (Å²) in [5.41, 5.74) is 1.81. The molecule has 0 atom stereocenters. The van der Waals surface area contributed by atoms with Gasteiger partial charge in [0, 0.05) is 24.7 Å². The maximum absolute atomic E-state index is 11.9. The first-order valence-corrected chi connectivity index (χ1v) is 8.54. The zero-order valence-electron chi connectivity index (χ0n) is 11.8. The predicted molar refractivity (Wildman–Crippen MR) is 79.0 cm³/mol. The Labute approximate surface area is 120 Å². The molecule has 1 N–H and O–H groups in total. The van der Waals surface area contributed by atoms with E-state index in [4.69, 9.17) is 0 Å². The van der Waals surface area contributed by atoms with Gasteiger partial charge in [0.15, 0.2) is 0 Å². The van der Waals surface area contributed by atoms with Crippen LogP contribution in [0.2, 0.25) is 0 Å². The molecule has 1 aromatic rings. The van der Waals surface area contributed by atoms with Crippen LogP contribution in [0.3, 0.4) is 0 Å². The zero-order valence-corrected chi connectivity index (χ0v) is 12.6. The molecule has 1 saturated carbocycles. The van der Waals surface area contributed by atoms with Crippen molar-refractivity contribution in [1.29, 1.82) is 0 Å². The van der Waals surface area contributed by atoms with Crippen LogP contribution < -0.4 is 5.32 Å². The van der Waals surface area contributed by atoms with Crippen molar-refractivity contribution in [3.8, 4) is 0 Å². The average Bonchev–Trinajstić information content (AvgIpc) is 3.11. The van der Waals surface area contributed by atoms with Crippen molar-refractivity contribution >= 4 is 21.6 Å². The molecule has 0 saturated heterocycles. The molecule has 1 aliphatic carbocycles. The maximum Gasteiger partial charge on any atom is 0.225 e. The summed E-state index contributed by atoms with van der Waals surface area (Å²) in [6.07, 6.45) is 3.17. The van der Waals surface area contributed by atoms with E-state index in [9.17, 15) is 13.2 Å². The number of carbonyl (C=O) groups is 1. The van der Waals surface area contributed by atoms with E-state index < -0.39 is 10.0 Å². The number of hydrogen-bond donors (Lipinski definition) is 1. The van der Waals surface area contributed by atoms with Crippen molar-refractivity contribution in [2.45, 2.75) is 32.2 Å². The Bertz CT molecular complexity index is 594. The van der Waals surface area contributed by atoms with E-state index in [0.717, 1.165) is 24.1 Å². The highest BCUT2D eigenvalue weighted by molar-refractivity contribution is 7.88. The second-order valence-electron chi connectivity index (χ2n) is 5.27. The molecular weight excluding hydrogens is 276 g/mol. The second-order valence-corrected chi connectivity index (χ2v) is 7.21. The topological polar surface area (TPSA) is 66.5 Å². The summed E-state index contributed by atoms with van der Waals surface area (Å²) in [7, 11) is -3.22. The van der Waals surface area contributed by atoms with E-state index in [-0.39, 0.29) is 24.9 Å². The van der Waals surface area contributed by atoms with Crippen molar-refractivity contribution in [3.63, 3.8) is 0 Å². The largest absolute Gasteiger partial charge is 0.326 e. The smallest absolute Gasteiger partial charge is 0.225 e. The number of amides is 1. The van der Waals surface area contributed by atoms with Crippen LogP contribution in [0.15, 0.2) is 24.3 Å². The first-order chi connectivity index (χ1) is 9.36. The van der Waals surface area contributed by atoms with Crippen molar-refractivity contribution in [2.75, 3.05) is 18.1 Å². The number of aryl methyl sites for hydroxylation is 1. The van der Waals surface area contributed by atoms with Gasteiger partial charge in [0.25, 0.3) is 0 Å². The third-order valence-corrected chi connectivity index (χ3v) is 4.57. The molecule has 0 aromatic heterocycles. The second kappa shape index (κ2) is 5.93. The fraction of sp³-hybridized carbons (Fsp3) is 0.500. The lowest BCUT2D eigenvalue weighted by atomic mass is 10.2. The molecule has 1 fully saturated rings. The van der Waals surface area contributed by atoms with Gasteiger partial charge in [0.2, 0.25) is 15.9 Å². The molecule has 0 aliphatic heterocycles. The number of hydrogen-bond acceptors (Lipinski definition) is 3. The Balaban J connectivity index is 1.88. The fourth-order valence-corrected chi connectivity index (χ4v) is 3.32. The highest BCUT2D eigenvalue weighted by Crippen LogP contribution is 2.28. The third kappa shape index (κ3) is 4.31. The lowest BCUT2D eigenvalue weighted by Gasteiger charge is -2.18. The van der Waals surface area contributed by atoms with E-state index in [1.807, 2.05) is 31.2 Å². The molecular formula is C14H20N2O3S. The Morgan fingerprint density at radius 1 is 1.40 bits per heavy atom. The summed E-state index contributed by atoms with van der Waals surface area (Å²) < 4.78 is 24.7.